The molecule has 0 aliphatic rings. The second-order valence-corrected chi connectivity index (χ2v) is 5.03. The van der Waals surface area contributed by atoms with Gasteiger partial charge in [0, 0.05) is 3.57 Å². The Morgan fingerprint density at radius 1 is 1.17 bits per heavy atom. The number of hydrogen-bond acceptors (Lipinski definition) is 3. The summed E-state index contributed by atoms with van der Waals surface area (Å²) < 4.78 is 6.69. The minimum atomic E-state index is 0.640. The van der Waals surface area contributed by atoms with Crippen LogP contribution in [-0.2, 0) is 0 Å². The van der Waals surface area contributed by atoms with Gasteiger partial charge in [-0.25, -0.2) is 0 Å². The van der Waals surface area contributed by atoms with Crippen molar-refractivity contribution in [1.82, 2.24) is 0 Å². The third-order valence-electron chi connectivity index (χ3n) is 2.47. The van der Waals surface area contributed by atoms with Crippen molar-refractivity contribution < 1.29 is 4.74 Å². The Bertz CT molecular complexity index is 543. The lowest BCUT2D eigenvalue weighted by molar-refractivity contribution is 0.342. The van der Waals surface area contributed by atoms with Gasteiger partial charge in [-0.05, 0) is 59.8 Å². The molecule has 2 aromatic rings. The first-order valence-corrected chi connectivity index (χ1v) is 6.82. The molecule has 0 saturated heterocycles. The Labute approximate surface area is 120 Å². The first kappa shape index (κ1) is 13.0. The second-order valence-electron chi connectivity index (χ2n) is 3.79. The average Bonchev–Trinajstić information content (AvgIpc) is 2.35. The molecular formula is C14H15IN2O. The van der Waals surface area contributed by atoms with Crippen molar-refractivity contribution >= 4 is 39.7 Å². The molecule has 0 aromatic heterocycles. The minimum Gasteiger partial charge on any atom is -0.492 e. The summed E-state index contributed by atoms with van der Waals surface area (Å²) in [5.74, 6) is 0.831. The van der Waals surface area contributed by atoms with Gasteiger partial charge in [0.1, 0.15) is 5.75 Å². The van der Waals surface area contributed by atoms with E-state index in [-0.39, 0.29) is 0 Å². The van der Waals surface area contributed by atoms with Crippen LogP contribution in [0.4, 0.5) is 17.1 Å². The summed E-state index contributed by atoms with van der Waals surface area (Å²) in [6, 6.07) is 13.8. The van der Waals surface area contributed by atoms with Crippen LogP contribution < -0.4 is 15.8 Å². The van der Waals surface area contributed by atoms with E-state index in [0.29, 0.717) is 6.61 Å². The Morgan fingerprint density at radius 2 is 1.94 bits per heavy atom. The lowest BCUT2D eigenvalue weighted by atomic mass is 10.2. The molecule has 0 radical (unpaired) electrons. The number of anilines is 3. The van der Waals surface area contributed by atoms with E-state index in [1.54, 1.807) is 0 Å². The standard InChI is InChI=1S/C14H15IN2O/c1-2-18-14-6-4-3-5-13(14)17-12-8-7-10(15)9-11(12)16/h3-9,17H,2,16H2,1H3. The minimum absolute atomic E-state index is 0.640. The summed E-state index contributed by atoms with van der Waals surface area (Å²) in [4.78, 5) is 0. The quantitative estimate of drug-likeness (QED) is 0.644. The molecule has 94 valence electrons. The highest BCUT2D eigenvalue weighted by Gasteiger charge is 2.05. The van der Waals surface area contributed by atoms with Crippen molar-refractivity contribution in [3.63, 3.8) is 0 Å². The van der Waals surface area contributed by atoms with Crippen LogP contribution in [0, 0.1) is 3.57 Å². The topological polar surface area (TPSA) is 47.3 Å². The molecule has 0 spiro atoms. The van der Waals surface area contributed by atoms with Gasteiger partial charge in [-0.1, -0.05) is 12.1 Å². The molecule has 2 aromatic carbocycles. The molecule has 0 aliphatic carbocycles. The van der Waals surface area contributed by atoms with E-state index < -0.39 is 0 Å². The van der Waals surface area contributed by atoms with Crippen LogP contribution in [0.25, 0.3) is 0 Å². The number of benzene rings is 2. The van der Waals surface area contributed by atoms with Crippen LogP contribution in [-0.4, -0.2) is 6.61 Å². The summed E-state index contributed by atoms with van der Waals surface area (Å²) in [5.41, 5.74) is 8.53. The normalized spacial score (nSPS) is 10.1. The summed E-state index contributed by atoms with van der Waals surface area (Å²) >= 11 is 2.24. The summed E-state index contributed by atoms with van der Waals surface area (Å²) in [6.45, 7) is 2.61. The Kier molecular flexibility index (Phi) is 4.30. The predicted molar refractivity (Wildman–Crippen MR) is 84.5 cm³/mol. The van der Waals surface area contributed by atoms with Crippen LogP contribution >= 0.6 is 22.6 Å². The van der Waals surface area contributed by atoms with Crippen LogP contribution in [0.1, 0.15) is 6.92 Å². The maximum atomic E-state index is 5.99. The lowest BCUT2D eigenvalue weighted by Crippen LogP contribution is -2.00. The molecule has 2 rings (SSSR count). The van der Waals surface area contributed by atoms with E-state index >= 15 is 0 Å². The number of hydrogen-bond donors (Lipinski definition) is 2. The highest BCUT2D eigenvalue weighted by molar-refractivity contribution is 14.1. The number of ether oxygens (including phenoxy) is 1. The van der Waals surface area contributed by atoms with Crippen LogP contribution in [0.15, 0.2) is 42.5 Å². The van der Waals surface area contributed by atoms with Gasteiger partial charge in [0.25, 0.3) is 0 Å². The molecule has 4 heteroatoms. The summed E-state index contributed by atoms with van der Waals surface area (Å²) in [5, 5.41) is 3.30. The smallest absolute Gasteiger partial charge is 0.142 e. The third kappa shape index (κ3) is 3.07. The van der Waals surface area contributed by atoms with Gasteiger partial charge in [-0.15, -0.1) is 0 Å². The Balaban J connectivity index is 2.28. The third-order valence-corrected chi connectivity index (χ3v) is 3.14. The van der Waals surface area contributed by atoms with Gasteiger partial charge in [-0.3, -0.25) is 0 Å². The van der Waals surface area contributed by atoms with Gasteiger partial charge < -0.3 is 15.8 Å². The molecule has 0 aliphatic heterocycles. The highest BCUT2D eigenvalue weighted by atomic mass is 127. The van der Waals surface area contributed by atoms with Gasteiger partial charge in [0.2, 0.25) is 0 Å². The fraction of sp³-hybridized carbons (Fsp3) is 0.143. The molecule has 0 saturated carbocycles. The summed E-state index contributed by atoms with van der Waals surface area (Å²) in [6.07, 6.45) is 0. The molecule has 0 unspecified atom stereocenters. The zero-order valence-corrected chi connectivity index (χ0v) is 12.3. The maximum absolute atomic E-state index is 5.99. The molecular weight excluding hydrogens is 339 g/mol. The predicted octanol–water partition coefficient (Wildman–Crippen LogP) is 4.02. The Morgan fingerprint density at radius 3 is 2.67 bits per heavy atom. The van der Waals surface area contributed by atoms with Crippen molar-refractivity contribution in [3.05, 3.63) is 46.0 Å². The number of halogens is 1. The fourth-order valence-electron chi connectivity index (χ4n) is 1.64. The van der Waals surface area contributed by atoms with Gasteiger partial charge in [0.15, 0.2) is 0 Å². The van der Waals surface area contributed by atoms with Crippen LogP contribution in [0.2, 0.25) is 0 Å². The summed E-state index contributed by atoms with van der Waals surface area (Å²) in [7, 11) is 0. The molecule has 0 heterocycles. The molecule has 0 fully saturated rings. The van der Waals surface area contributed by atoms with E-state index in [2.05, 4.69) is 27.9 Å². The van der Waals surface area contributed by atoms with E-state index in [1.165, 1.54) is 0 Å². The number of nitrogens with two attached hydrogens (primary N) is 1. The van der Waals surface area contributed by atoms with E-state index in [9.17, 15) is 0 Å². The van der Waals surface area contributed by atoms with Gasteiger partial charge in [-0.2, -0.15) is 0 Å². The number of nitrogens with one attached hydrogen (secondary N) is 1. The maximum Gasteiger partial charge on any atom is 0.142 e. The van der Waals surface area contributed by atoms with Crippen LogP contribution in [0.3, 0.4) is 0 Å². The number of nitrogen functional groups attached to an aromatic ring is 1. The van der Waals surface area contributed by atoms with E-state index in [4.69, 9.17) is 10.5 Å². The zero-order chi connectivity index (χ0) is 13.0. The van der Waals surface area contributed by atoms with E-state index in [1.807, 2.05) is 49.4 Å². The number of para-hydroxylation sites is 2. The van der Waals surface area contributed by atoms with Crippen molar-refractivity contribution in [2.45, 2.75) is 6.92 Å². The number of rotatable bonds is 4. The lowest BCUT2D eigenvalue weighted by Gasteiger charge is -2.13. The average molecular weight is 354 g/mol. The highest BCUT2D eigenvalue weighted by Crippen LogP contribution is 2.30. The first-order chi connectivity index (χ1) is 8.70. The first-order valence-electron chi connectivity index (χ1n) is 5.74. The van der Waals surface area contributed by atoms with Crippen molar-refractivity contribution in [3.8, 4) is 5.75 Å². The molecule has 3 N–H and O–H groups in total. The van der Waals surface area contributed by atoms with Crippen molar-refractivity contribution in [2.24, 2.45) is 0 Å². The SMILES string of the molecule is CCOc1ccccc1Nc1ccc(I)cc1N. The zero-order valence-electron chi connectivity index (χ0n) is 10.1. The second kappa shape index (κ2) is 5.95. The molecule has 0 bridgehead atoms. The molecule has 0 amide bonds. The molecule has 0 atom stereocenters. The molecule has 18 heavy (non-hydrogen) atoms. The Hall–Kier alpha value is -1.43. The molecule has 3 nitrogen and oxygen atoms in total. The van der Waals surface area contributed by atoms with E-state index in [0.717, 1.165) is 26.4 Å². The van der Waals surface area contributed by atoms with Crippen molar-refractivity contribution in [1.29, 1.82) is 0 Å². The van der Waals surface area contributed by atoms with Crippen molar-refractivity contribution in [2.75, 3.05) is 17.7 Å². The van der Waals surface area contributed by atoms with Gasteiger partial charge >= 0.3 is 0 Å². The fourth-order valence-corrected chi connectivity index (χ4v) is 2.16. The largest absolute Gasteiger partial charge is 0.492 e. The monoisotopic (exact) mass is 354 g/mol. The van der Waals surface area contributed by atoms with Crippen LogP contribution in [0.5, 0.6) is 5.75 Å². The van der Waals surface area contributed by atoms with Gasteiger partial charge in [0.05, 0.1) is 23.7 Å².